The minimum atomic E-state index is -4.64. The van der Waals surface area contributed by atoms with Gasteiger partial charge in [0.1, 0.15) is 11.3 Å². The minimum Gasteiger partial charge on any atom is -0.490 e. The van der Waals surface area contributed by atoms with Crippen LogP contribution in [0.3, 0.4) is 0 Å². The van der Waals surface area contributed by atoms with Crippen molar-refractivity contribution in [2.75, 3.05) is 0 Å². The average molecular weight is 490 g/mol. The van der Waals surface area contributed by atoms with Crippen LogP contribution in [0.4, 0.5) is 13.2 Å². The van der Waals surface area contributed by atoms with Gasteiger partial charge in [0.05, 0.1) is 12.0 Å². The van der Waals surface area contributed by atoms with Gasteiger partial charge in [0.15, 0.2) is 0 Å². The molecule has 2 bridgehead atoms. The second kappa shape index (κ2) is 9.03. The summed E-state index contributed by atoms with van der Waals surface area (Å²) in [5.41, 5.74) is -0.645. The molecular weight excluding hydrogens is 459 g/mol. The van der Waals surface area contributed by atoms with Crippen molar-refractivity contribution in [3.8, 4) is 5.75 Å². The number of hydrogen-bond acceptors (Lipinski definition) is 3. The van der Waals surface area contributed by atoms with Gasteiger partial charge in [-0.25, -0.2) is 0 Å². The van der Waals surface area contributed by atoms with Crippen LogP contribution in [0, 0.1) is 11.8 Å². The minimum absolute atomic E-state index is 0.0437. The second-order valence-corrected chi connectivity index (χ2v) is 10.5. The van der Waals surface area contributed by atoms with Gasteiger partial charge in [-0.3, -0.25) is 9.59 Å². The second-order valence-electron chi connectivity index (χ2n) is 10.5. The molecule has 2 atom stereocenters. The van der Waals surface area contributed by atoms with E-state index in [-0.39, 0.29) is 40.8 Å². The number of carboxylic acids is 1. The van der Waals surface area contributed by atoms with E-state index in [1.54, 1.807) is 23.1 Å². The summed E-state index contributed by atoms with van der Waals surface area (Å²) < 4.78 is 48.8. The number of carbonyl (C=O) groups excluding carboxylic acids is 1. The number of piperidine rings is 1. The van der Waals surface area contributed by atoms with E-state index in [2.05, 4.69) is 6.92 Å². The van der Waals surface area contributed by atoms with Gasteiger partial charge in [0.25, 0.3) is 5.91 Å². The monoisotopic (exact) mass is 489 g/mol. The van der Waals surface area contributed by atoms with Crippen LogP contribution in [-0.4, -0.2) is 40.1 Å². The van der Waals surface area contributed by atoms with Crippen LogP contribution in [0.15, 0.2) is 30.3 Å². The van der Waals surface area contributed by atoms with Gasteiger partial charge in [-0.1, -0.05) is 19.1 Å². The quantitative estimate of drug-likeness (QED) is 0.549. The molecule has 3 aliphatic rings. The highest BCUT2D eigenvalue weighted by Gasteiger charge is 2.45. The van der Waals surface area contributed by atoms with Gasteiger partial charge >= 0.3 is 12.1 Å². The van der Waals surface area contributed by atoms with Crippen molar-refractivity contribution in [3.05, 3.63) is 41.5 Å². The molecule has 5 rings (SSSR count). The molecule has 8 heteroatoms. The number of rotatable bonds is 4. The molecule has 2 aromatic carbocycles. The number of amides is 1. The molecule has 1 amide bonds. The molecule has 2 heterocycles. The molecule has 1 aliphatic carbocycles. The third-order valence-electron chi connectivity index (χ3n) is 8.09. The van der Waals surface area contributed by atoms with Crippen molar-refractivity contribution >= 4 is 22.6 Å². The Morgan fingerprint density at radius 1 is 0.971 bits per heavy atom. The van der Waals surface area contributed by atoms with E-state index in [1.807, 2.05) is 0 Å². The van der Waals surface area contributed by atoms with Crippen molar-refractivity contribution in [1.29, 1.82) is 0 Å². The number of ether oxygens (including phenoxy) is 1. The lowest BCUT2D eigenvalue weighted by Crippen LogP contribution is -2.47. The maximum Gasteiger partial charge on any atom is 0.420 e. The lowest BCUT2D eigenvalue weighted by Gasteiger charge is -2.37. The number of hydrogen-bond donors (Lipinski definition) is 1. The molecule has 188 valence electrons. The summed E-state index contributed by atoms with van der Waals surface area (Å²) in [5, 5.41) is 9.75. The number of nitrogens with zero attached hydrogens (tertiary/aromatic N) is 1. The van der Waals surface area contributed by atoms with Crippen LogP contribution >= 0.6 is 0 Å². The smallest absolute Gasteiger partial charge is 0.420 e. The van der Waals surface area contributed by atoms with E-state index in [1.165, 1.54) is 12.1 Å². The molecule has 0 spiro atoms. The van der Waals surface area contributed by atoms with Gasteiger partial charge in [-0.2, -0.15) is 13.2 Å². The molecule has 5 nitrogen and oxygen atoms in total. The zero-order valence-electron chi connectivity index (χ0n) is 19.7. The van der Waals surface area contributed by atoms with E-state index in [9.17, 15) is 27.9 Å². The first-order valence-corrected chi connectivity index (χ1v) is 12.5. The molecule has 2 aliphatic heterocycles. The molecule has 2 unspecified atom stereocenters. The standard InChI is InChI=1S/C27H30F3NO4/c1-15-2-9-21(10-3-15)35-23-11-6-16-4-5-17(14-22(16)24(23)27(28,29)30)25(32)31-19-7-8-20(31)13-18(12-19)26(33)34/h4-6,11,14-15,18-21H,2-3,7-10,12-13H2,1H3,(H,33,34). The summed E-state index contributed by atoms with van der Waals surface area (Å²) >= 11 is 0. The Labute approximate surface area is 202 Å². The first-order chi connectivity index (χ1) is 16.6. The summed E-state index contributed by atoms with van der Waals surface area (Å²) in [7, 11) is 0. The van der Waals surface area contributed by atoms with Crippen molar-refractivity contribution in [3.63, 3.8) is 0 Å². The lowest BCUT2D eigenvalue weighted by atomic mass is 9.89. The van der Waals surface area contributed by atoms with Crippen molar-refractivity contribution < 1.29 is 32.6 Å². The van der Waals surface area contributed by atoms with Gasteiger partial charge in [0.2, 0.25) is 0 Å². The molecule has 1 saturated carbocycles. The largest absolute Gasteiger partial charge is 0.490 e. The predicted octanol–water partition coefficient (Wildman–Crippen LogP) is 6.28. The van der Waals surface area contributed by atoms with E-state index in [4.69, 9.17) is 4.74 Å². The molecular formula is C27H30F3NO4. The van der Waals surface area contributed by atoms with Gasteiger partial charge in [-0.05, 0) is 86.3 Å². The van der Waals surface area contributed by atoms with E-state index < -0.39 is 23.6 Å². The number of alkyl halides is 3. The van der Waals surface area contributed by atoms with E-state index >= 15 is 0 Å². The number of benzene rings is 2. The zero-order chi connectivity index (χ0) is 24.9. The Balaban J connectivity index is 1.48. The first-order valence-electron chi connectivity index (χ1n) is 12.5. The Morgan fingerprint density at radius 3 is 2.20 bits per heavy atom. The molecule has 3 fully saturated rings. The third kappa shape index (κ3) is 4.59. The van der Waals surface area contributed by atoms with Gasteiger partial charge in [-0.15, -0.1) is 0 Å². The maximum absolute atomic E-state index is 14.3. The van der Waals surface area contributed by atoms with E-state index in [0.717, 1.165) is 38.5 Å². The summed E-state index contributed by atoms with van der Waals surface area (Å²) in [6.07, 6.45) is 0.636. The maximum atomic E-state index is 14.3. The lowest BCUT2D eigenvalue weighted by molar-refractivity contribution is -0.144. The Bertz CT molecular complexity index is 1130. The highest BCUT2D eigenvalue weighted by Crippen LogP contribution is 2.44. The van der Waals surface area contributed by atoms with Gasteiger partial charge in [0, 0.05) is 17.6 Å². The van der Waals surface area contributed by atoms with Gasteiger partial charge < -0.3 is 14.7 Å². The first kappa shape index (κ1) is 23.9. The number of fused-ring (bicyclic) bond motifs is 3. The Kier molecular flexibility index (Phi) is 6.18. The van der Waals surface area contributed by atoms with Crippen LogP contribution in [-0.2, 0) is 11.0 Å². The normalized spacial score (nSPS) is 28.8. The van der Waals surface area contributed by atoms with Crippen LogP contribution in [0.1, 0.15) is 74.2 Å². The van der Waals surface area contributed by atoms with E-state index in [0.29, 0.717) is 24.1 Å². The van der Waals surface area contributed by atoms with Crippen molar-refractivity contribution in [1.82, 2.24) is 4.90 Å². The van der Waals surface area contributed by atoms with Crippen LogP contribution in [0.5, 0.6) is 5.75 Å². The highest BCUT2D eigenvalue weighted by molar-refractivity contribution is 6.00. The number of aliphatic carboxylic acids is 1. The van der Waals surface area contributed by atoms with Crippen molar-refractivity contribution in [2.45, 2.75) is 82.7 Å². The molecule has 2 aromatic rings. The molecule has 0 aromatic heterocycles. The number of halogens is 3. The Hall–Kier alpha value is -2.77. The van der Waals surface area contributed by atoms with Crippen LogP contribution in [0.2, 0.25) is 0 Å². The average Bonchev–Trinajstić information content (AvgIpc) is 3.07. The summed E-state index contributed by atoms with van der Waals surface area (Å²) in [4.78, 5) is 26.6. The Morgan fingerprint density at radius 2 is 1.60 bits per heavy atom. The number of carboxylic acid groups (broad SMARTS) is 1. The topological polar surface area (TPSA) is 66.8 Å². The highest BCUT2D eigenvalue weighted by atomic mass is 19.4. The zero-order valence-corrected chi connectivity index (χ0v) is 19.7. The molecule has 2 saturated heterocycles. The summed E-state index contributed by atoms with van der Waals surface area (Å²) in [5.74, 6) is -1.29. The number of carbonyl (C=O) groups is 2. The molecule has 0 radical (unpaired) electrons. The summed E-state index contributed by atoms with van der Waals surface area (Å²) in [6, 6.07) is 7.07. The molecule has 1 N–H and O–H groups in total. The fourth-order valence-corrected chi connectivity index (χ4v) is 6.21. The van der Waals surface area contributed by atoms with Crippen LogP contribution in [0.25, 0.3) is 10.8 Å². The van der Waals surface area contributed by atoms with Crippen molar-refractivity contribution in [2.24, 2.45) is 11.8 Å². The predicted molar refractivity (Wildman–Crippen MR) is 124 cm³/mol. The van der Waals surface area contributed by atoms with Crippen LogP contribution < -0.4 is 4.74 Å². The molecule has 35 heavy (non-hydrogen) atoms. The fraction of sp³-hybridized carbons (Fsp3) is 0.556. The SMILES string of the molecule is CC1CCC(Oc2ccc3ccc(C(=O)N4C5CCC4CC(C(=O)O)C5)cc3c2C(F)(F)F)CC1. The third-order valence-corrected chi connectivity index (χ3v) is 8.09. The fourth-order valence-electron chi connectivity index (χ4n) is 6.21. The summed E-state index contributed by atoms with van der Waals surface area (Å²) in [6.45, 7) is 2.14.